The molecule has 2 aromatic carbocycles. The van der Waals surface area contributed by atoms with Gasteiger partial charge in [-0.15, -0.1) is 0 Å². The van der Waals surface area contributed by atoms with Crippen LogP contribution in [0.2, 0.25) is 0 Å². The van der Waals surface area contributed by atoms with Gasteiger partial charge in [0.15, 0.2) is 0 Å². The van der Waals surface area contributed by atoms with E-state index in [1.807, 2.05) is 30.3 Å². The molecule has 6 heteroatoms. The second-order valence-corrected chi connectivity index (χ2v) is 13.0. The van der Waals surface area contributed by atoms with E-state index < -0.39 is 12.7 Å². The molecule has 3 heterocycles. The Morgan fingerprint density at radius 2 is 1.81 bits per heavy atom. The molecule has 0 bridgehead atoms. The van der Waals surface area contributed by atoms with Gasteiger partial charge in [-0.3, -0.25) is 0 Å². The van der Waals surface area contributed by atoms with E-state index in [-0.39, 0.29) is 15.0 Å². The molecule has 0 saturated heterocycles. The van der Waals surface area contributed by atoms with Crippen LogP contribution in [0.3, 0.4) is 0 Å². The molecule has 4 nitrogen and oxygen atoms in total. The minimum atomic E-state index is -4.44. The van der Waals surface area contributed by atoms with Crippen LogP contribution < -0.4 is 22.7 Å². The van der Waals surface area contributed by atoms with Crippen LogP contribution in [0.4, 0.5) is 17.2 Å². The number of aromatic nitrogens is 1. The summed E-state index contributed by atoms with van der Waals surface area (Å²) in [4.78, 5) is 6.69. The average molecular weight is 474 g/mol. The van der Waals surface area contributed by atoms with E-state index in [1.165, 1.54) is 4.46 Å². The Hall–Kier alpha value is -1.97. The Bertz CT molecular complexity index is 1170. The second kappa shape index (κ2) is 5.51. The first-order chi connectivity index (χ1) is 12.5. The zero-order valence-electron chi connectivity index (χ0n) is 14.3. The van der Waals surface area contributed by atoms with Gasteiger partial charge in [0.2, 0.25) is 0 Å². The van der Waals surface area contributed by atoms with E-state index in [4.69, 9.17) is 0 Å². The van der Waals surface area contributed by atoms with Gasteiger partial charge in [-0.1, -0.05) is 0 Å². The quantitative estimate of drug-likeness (QED) is 0.345. The van der Waals surface area contributed by atoms with E-state index in [0.29, 0.717) is 14.8 Å². The van der Waals surface area contributed by atoms with Crippen molar-refractivity contribution in [3.05, 3.63) is 60.3 Å². The van der Waals surface area contributed by atoms with Crippen LogP contribution in [-0.4, -0.2) is 32.6 Å². The molecule has 0 N–H and O–H groups in total. The van der Waals surface area contributed by atoms with Crippen LogP contribution in [0, 0.1) is 0 Å². The molecular formula is C20H16N2O2Se2. The number of benzene rings is 2. The number of pyridine rings is 1. The number of nitrogens with zero attached hydrogens (tertiary/aromatic N) is 2. The van der Waals surface area contributed by atoms with Crippen LogP contribution in [-0.2, 0) is 7.67 Å². The van der Waals surface area contributed by atoms with Crippen molar-refractivity contribution in [3.63, 3.8) is 0 Å². The predicted octanol–water partition coefficient (Wildman–Crippen LogP) is 1.37. The third-order valence-electron chi connectivity index (χ3n) is 4.84. The molecule has 2 aliphatic rings. The molecule has 5 rings (SSSR count). The normalized spacial score (nSPS) is 16.0. The van der Waals surface area contributed by atoms with Gasteiger partial charge in [-0.05, 0) is 0 Å². The first-order valence-corrected chi connectivity index (χ1v) is 13.3. The number of hydrogen-bond donors (Lipinski definition) is 0. The second-order valence-electron chi connectivity index (χ2n) is 6.75. The topological polar surface area (TPSA) is 50.3 Å². The first-order valence-electron chi connectivity index (χ1n) is 8.43. The van der Waals surface area contributed by atoms with Gasteiger partial charge < -0.3 is 0 Å². The molecule has 0 spiro atoms. The molecule has 0 saturated carbocycles. The summed E-state index contributed by atoms with van der Waals surface area (Å²) < 4.78 is 29.9. The molecule has 130 valence electrons. The number of para-hydroxylation sites is 1. The number of fused-ring (bicyclic) bond motifs is 4. The number of hydrogen-bond acceptors (Lipinski definition) is 4. The maximum atomic E-state index is 13.4. The summed E-state index contributed by atoms with van der Waals surface area (Å²) in [6, 6.07) is 15.5. The molecule has 0 radical (unpaired) electrons. The van der Waals surface area contributed by atoms with Gasteiger partial charge in [0.25, 0.3) is 0 Å². The standard InChI is InChI=1S/C20H16N2O2Se2/c1-12(2)13-8-9-17-14(11-13)22-19-15(5-3-7-18(19)26(17,23)24)25-16-6-4-10-21-20(16)22/h3-12H,1-2H3. The summed E-state index contributed by atoms with van der Waals surface area (Å²) in [5.74, 6) is 1.19. The van der Waals surface area contributed by atoms with Gasteiger partial charge in [0.1, 0.15) is 0 Å². The molecule has 1 aromatic heterocycles. The molecule has 2 aliphatic heterocycles. The summed E-state index contributed by atoms with van der Waals surface area (Å²) in [5, 5.41) is 0. The van der Waals surface area contributed by atoms with Crippen LogP contribution in [0.1, 0.15) is 25.3 Å². The fraction of sp³-hybridized carbons (Fsp3) is 0.150. The Morgan fingerprint density at radius 3 is 2.62 bits per heavy atom. The average Bonchev–Trinajstić information content (AvgIpc) is 2.64. The predicted molar refractivity (Wildman–Crippen MR) is 104 cm³/mol. The molecule has 0 fully saturated rings. The molecular weight excluding hydrogens is 458 g/mol. The van der Waals surface area contributed by atoms with E-state index in [1.54, 1.807) is 18.3 Å². The van der Waals surface area contributed by atoms with Gasteiger partial charge >= 0.3 is 160 Å². The summed E-state index contributed by atoms with van der Waals surface area (Å²) in [6.45, 7) is 4.24. The van der Waals surface area contributed by atoms with Crippen molar-refractivity contribution in [2.75, 3.05) is 4.90 Å². The fourth-order valence-electron chi connectivity index (χ4n) is 3.52. The molecule has 0 aliphatic carbocycles. The zero-order valence-corrected chi connectivity index (χ0v) is 17.7. The van der Waals surface area contributed by atoms with Gasteiger partial charge in [-0.25, -0.2) is 0 Å². The van der Waals surface area contributed by atoms with Crippen molar-refractivity contribution in [3.8, 4) is 0 Å². The minimum absolute atomic E-state index is 0.0475. The third kappa shape index (κ3) is 2.10. The van der Waals surface area contributed by atoms with Crippen molar-refractivity contribution >= 4 is 62.7 Å². The van der Waals surface area contributed by atoms with Gasteiger partial charge in [0.05, 0.1) is 0 Å². The Balaban J connectivity index is 1.91. The Morgan fingerprint density at radius 1 is 1.00 bits per heavy atom. The van der Waals surface area contributed by atoms with Crippen molar-refractivity contribution < 1.29 is 7.67 Å². The molecule has 26 heavy (non-hydrogen) atoms. The molecule has 0 amide bonds. The van der Waals surface area contributed by atoms with Gasteiger partial charge in [0, 0.05) is 0 Å². The van der Waals surface area contributed by atoms with Crippen molar-refractivity contribution in [2.24, 2.45) is 0 Å². The summed E-state index contributed by atoms with van der Waals surface area (Å²) in [6.07, 6.45) is 1.78. The third-order valence-corrected chi connectivity index (χ3v) is 11.0. The molecule has 0 unspecified atom stereocenters. The molecule has 0 atom stereocenters. The number of anilines is 3. The van der Waals surface area contributed by atoms with Crippen molar-refractivity contribution in [1.29, 1.82) is 0 Å². The maximum absolute atomic E-state index is 13.4. The summed E-state index contributed by atoms with van der Waals surface area (Å²) in [7, 11) is 0. The van der Waals surface area contributed by atoms with Crippen LogP contribution in [0.25, 0.3) is 0 Å². The van der Waals surface area contributed by atoms with E-state index >= 15 is 0 Å². The fourth-order valence-corrected chi connectivity index (χ4v) is 9.49. The zero-order chi connectivity index (χ0) is 18.1. The Labute approximate surface area is 160 Å². The summed E-state index contributed by atoms with van der Waals surface area (Å²) >= 11 is -4.39. The number of rotatable bonds is 1. The van der Waals surface area contributed by atoms with Crippen molar-refractivity contribution in [1.82, 2.24) is 4.98 Å². The van der Waals surface area contributed by atoms with Gasteiger partial charge in [-0.2, -0.15) is 0 Å². The first kappa shape index (κ1) is 16.2. The molecule has 3 aromatic rings. The van der Waals surface area contributed by atoms with E-state index in [0.717, 1.165) is 27.2 Å². The van der Waals surface area contributed by atoms with E-state index in [2.05, 4.69) is 29.8 Å². The van der Waals surface area contributed by atoms with Crippen LogP contribution >= 0.6 is 0 Å². The van der Waals surface area contributed by atoms with Crippen LogP contribution in [0.15, 0.2) is 54.7 Å². The SMILES string of the molecule is CC(C)c1ccc2c(c1)N1c3ncccc3[Se]c3cccc(c31)[Se]2(=O)=O. The van der Waals surface area contributed by atoms with Crippen molar-refractivity contribution in [2.45, 2.75) is 19.8 Å². The Kier molecular flexibility index (Phi) is 3.44. The monoisotopic (exact) mass is 476 g/mol. The van der Waals surface area contributed by atoms with Crippen LogP contribution in [0.5, 0.6) is 0 Å². The summed E-state index contributed by atoms with van der Waals surface area (Å²) in [5.41, 5.74) is 2.69. The van der Waals surface area contributed by atoms with E-state index in [9.17, 15) is 7.67 Å².